The topological polar surface area (TPSA) is 92.9 Å². The van der Waals surface area contributed by atoms with Gasteiger partial charge in [-0.05, 0) is 43.2 Å². The van der Waals surface area contributed by atoms with Gasteiger partial charge in [-0.25, -0.2) is 9.97 Å². The van der Waals surface area contributed by atoms with Gasteiger partial charge in [0.1, 0.15) is 22.8 Å². The molecule has 0 aliphatic heterocycles. The number of alkyl halides is 3. The van der Waals surface area contributed by atoms with Crippen LogP contribution in [0.2, 0.25) is 0 Å². The second kappa shape index (κ2) is 9.59. The smallest absolute Gasteiger partial charge is 0.377 e. The Kier molecular flexibility index (Phi) is 6.73. The van der Waals surface area contributed by atoms with Gasteiger partial charge in [-0.2, -0.15) is 13.2 Å². The maximum absolute atomic E-state index is 13.2. The van der Waals surface area contributed by atoms with Crippen molar-refractivity contribution in [1.29, 1.82) is 0 Å². The first kappa shape index (κ1) is 24.6. The minimum absolute atomic E-state index is 0.0786. The van der Waals surface area contributed by atoms with Crippen molar-refractivity contribution in [3.63, 3.8) is 0 Å². The SMILES string of the molecule is CCCn1cc(-c2ccc(NC(=O)c3cscn3)cn2)nc1C(C)(O)c1cccc(C(F)(F)F)c1. The summed E-state index contributed by atoms with van der Waals surface area (Å²) in [6.45, 7) is 3.87. The Hall–Kier alpha value is -3.57. The maximum Gasteiger partial charge on any atom is 0.416 e. The van der Waals surface area contributed by atoms with Gasteiger partial charge in [0.15, 0.2) is 0 Å². The molecule has 4 aromatic rings. The summed E-state index contributed by atoms with van der Waals surface area (Å²) in [6.07, 6.45) is -0.632. The van der Waals surface area contributed by atoms with E-state index in [0.29, 0.717) is 29.3 Å². The number of thiazole rings is 1. The van der Waals surface area contributed by atoms with Crippen LogP contribution in [-0.4, -0.2) is 30.5 Å². The van der Waals surface area contributed by atoms with Gasteiger partial charge in [-0.15, -0.1) is 11.3 Å². The Morgan fingerprint density at radius 2 is 1.91 bits per heavy atom. The van der Waals surface area contributed by atoms with Crippen LogP contribution in [0.1, 0.15) is 47.7 Å². The van der Waals surface area contributed by atoms with Crippen LogP contribution in [-0.2, 0) is 18.3 Å². The third-order valence-corrected chi connectivity index (χ3v) is 5.96. The first-order chi connectivity index (χ1) is 16.6. The van der Waals surface area contributed by atoms with Crippen LogP contribution in [0.25, 0.3) is 11.4 Å². The van der Waals surface area contributed by atoms with Crippen LogP contribution in [0.3, 0.4) is 0 Å². The van der Waals surface area contributed by atoms with Crippen LogP contribution in [0.15, 0.2) is 59.7 Å². The average Bonchev–Trinajstić information content (AvgIpc) is 3.50. The molecule has 4 rings (SSSR count). The molecule has 0 spiro atoms. The lowest BCUT2D eigenvalue weighted by Crippen LogP contribution is -2.28. The van der Waals surface area contributed by atoms with Crippen molar-refractivity contribution in [2.45, 2.75) is 38.6 Å². The molecule has 1 unspecified atom stereocenters. The zero-order valence-electron chi connectivity index (χ0n) is 18.9. The Labute approximate surface area is 203 Å². The molecule has 2 N–H and O–H groups in total. The maximum atomic E-state index is 13.2. The fraction of sp³-hybridized carbons (Fsp3) is 0.250. The van der Waals surface area contributed by atoms with E-state index in [-0.39, 0.29) is 17.3 Å². The van der Waals surface area contributed by atoms with Crippen molar-refractivity contribution in [1.82, 2.24) is 19.5 Å². The van der Waals surface area contributed by atoms with E-state index in [0.717, 1.165) is 18.6 Å². The number of hydrogen-bond acceptors (Lipinski definition) is 6. The Bertz CT molecular complexity index is 1320. The van der Waals surface area contributed by atoms with Gasteiger partial charge in [-0.3, -0.25) is 9.78 Å². The predicted molar refractivity (Wildman–Crippen MR) is 126 cm³/mol. The first-order valence-electron chi connectivity index (χ1n) is 10.7. The minimum atomic E-state index is -4.53. The molecular formula is C24H22F3N5O2S. The van der Waals surface area contributed by atoms with Gasteiger partial charge in [0.25, 0.3) is 5.91 Å². The summed E-state index contributed by atoms with van der Waals surface area (Å²) in [6, 6.07) is 7.93. The Morgan fingerprint density at radius 1 is 1.14 bits per heavy atom. The van der Waals surface area contributed by atoms with E-state index in [2.05, 4.69) is 20.3 Å². The van der Waals surface area contributed by atoms with Gasteiger partial charge in [0.05, 0.1) is 28.7 Å². The number of carbonyl (C=O) groups is 1. The van der Waals surface area contributed by atoms with Gasteiger partial charge in [-0.1, -0.05) is 19.1 Å². The van der Waals surface area contributed by atoms with Gasteiger partial charge >= 0.3 is 6.18 Å². The van der Waals surface area contributed by atoms with Gasteiger partial charge in [0, 0.05) is 18.1 Å². The number of halogens is 3. The summed E-state index contributed by atoms with van der Waals surface area (Å²) in [5.74, 6) is -0.149. The van der Waals surface area contributed by atoms with Crippen molar-refractivity contribution in [2.24, 2.45) is 0 Å². The standard InChI is InChI=1S/C24H22F3N5O2S/c1-3-9-32-12-19(18-8-7-17(11-28-18)30-21(33)20-13-35-14-29-20)31-22(32)23(2,34)15-5-4-6-16(10-15)24(25,26)27/h4-8,10-14,34H,3,9H2,1-2H3,(H,30,33). The second-order valence-electron chi connectivity index (χ2n) is 8.05. The van der Waals surface area contributed by atoms with E-state index in [1.807, 2.05) is 6.92 Å². The summed E-state index contributed by atoms with van der Waals surface area (Å²) in [5.41, 5.74) is 0.710. The van der Waals surface area contributed by atoms with Crippen molar-refractivity contribution in [3.05, 3.63) is 82.3 Å². The van der Waals surface area contributed by atoms with E-state index in [1.54, 1.807) is 33.8 Å². The Morgan fingerprint density at radius 3 is 2.54 bits per heavy atom. The number of anilines is 1. The third-order valence-electron chi connectivity index (χ3n) is 5.38. The summed E-state index contributed by atoms with van der Waals surface area (Å²) in [7, 11) is 0. The average molecular weight is 502 g/mol. The number of benzene rings is 1. The predicted octanol–water partition coefficient (Wildman–Crippen LogP) is 5.34. The number of aliphatic hydroxyl groups is 1. The lowest BCUT2D eigenvalue weighted by atomic mass is 9.93. The molecule has 7 nitrogen and oxygen atoms in total. The number of hydrogen-bond donors (Lipinski definition) is 2. The van der Waals surface area contributed by atoms with Crippen LogP contribution >= 0.6 is 11.3 Å². The summed E-state index contributed by atoms with van der Waals surface area (Å²) in [4.78, 5) is 25.0. The number of carbonyl (C=O) groups excluding carboxylic acids is 1. The molecule has 3 heterocycles. The van der Waals surface area contributed by atoms with E-state index in [4.69, 9.17) is 0 Å². The molecule has 1 atom stereocenters. The number of aryl methyl sites for hydroxylation is 1. The molecule has 0 bridgehead atoms. The number of pyridine rings is 1. The molecule has 0 aliphatic rings. The molecule has 35 heavy (non-hydrogen) atoms. The zero-order valence-corrected chi connectivity index (χ0v) is 19.7. The van der Waals surface area contributed by atoms with Gasteiger partial charge in [0.2, 0.25) is 0 Å². The van der Waals surface area contributed by atoms with Gasteiger partial charge < -0.3 is 15.0 Å². The van der Waals surface area contributed by atoms with Crippen molar-refractivity contribution < 1.29 is 23.1 Å². The third kappa shape index (κ3) is 5.25. The number of aromatic nitrogens is 4. The fourth-order valence-corrected chi connectivity index (χ4v) is 4.14. The first-order valence-corrected chi connectivity index (χ1v) is 11.7. The van der Waals surface area contributed by atoms with Crippen molar-refractivity contribution >= 4 is 22.9 Å². The molecule has 1 amide bonds. The monoisotopic (exact) mass is 501 g/mol. The summed E-state index contributed by atoms with van der Waals surface area (Å²) >= 11 is 1.31. The molecular weight excluding hydrogens is 479 g/mol. The van der Waals surface area contributed by atoms with Crippen LogP contribution < -0.4 is 5.32 Å². The molecule has 0 saturated carbocycles. The highest BCUT2D eigenvalue weighted by Gasteiger charge is 2.36. The minimum Gasteiger partial charge on any atom is -0.377 e. The quantitative estimate of drug-likeness (QED) is 0.357. The number of amides is 1. The van der Waals surface area contributed by atoms with Crippen LogP contribution in [0.5, 0.6) is 0 Å². The molecule has 11 heteroatoms. The highest BCUT2D eigenvalue weighted by Crippen LogP contribution is 2.35. The molecule has 3 aromatic heterocycles. The highest BCUT2D eigenvalue weighted by atomic mass is 32.1. The molecule has 0 aliphatic carbocycles. The summed E-state index contributed by atoms with van der Waals surface area (Å²) in [5, 5.41) is 15.7. The summed E-state index contributed by atoms with van der Waals surface area (Å²) < 4.78 is 41.4. The highest BCUT2D eigenvalue weighted by molar-refractivity contribution is 7.07. The molecule has 0 saturated heterocycles. The van der Waals surface area contributed by atoms with Crippen molar-refractivity contribution in [2.75, 3.05) is 5.32 Å². The number of nitrogens with zero attached hydrogens (tertiary/aromatic N) is 4. The number of rotatable bonds is 7. The second-order valence-corrected chi connectivity index (χ2v) is 8.77. The van der Waals surface area contributed by atoms with E-state index < -0.39 is 17.3 Å². The Balaban J connectivity index is 1.64. The van der Waals surface area contributed by atoms with Crippen molar-refractivity contribution in [3.8, 4) is 11.4 Å². The zero-order chi connectivity index (χ0) is 25.2. The largest absolute Gasteiger partial charge is 0.416 e. The lowest BCUT2D eigenvalue weighted by Gasteiger charge is -2.25. The molecule has 0 fully saturated rings. The molecule has 182 valence electrons. The number of imidazole rings is 1. The molecule has 1 aromatic carbocycles. The van der Waals surface area contributed by atoms with E-state index >= 15 is 0 Å². The normalized spacial score (nSPS) is 13.4. The van der Waals surface area contributed by atoms with Crippen LogP contribution in [0.4, 0.5) is 18.9 Å². The van der Waals surface area contributed by atoms with E-state index in [1.165, 1.54) is 36.6 Å². The van der Waals surface area contributed by atoms with Crippen LogP contribution in [0, 0.1) is 0 Å². The molecule has 0 radical (unpaired) electrons. The number of nitrogens with one attached hydrogen (secondary N) is 1. The van der Waals surface area contributed by atoms with E-state index in [9.17, 15) is 23.1 Å². The fourth-order valence-electron chi connectivity index (χ4n) is 3.61. The lowest BCUT2D eigenvalue weighted by molar-refractivity contribution is -0.137.